The van der Waals surface area contributed by atoms with E-state index in [9.17, 15) is 0 Å². The molecular weight excluding hydrogens is 316 g/mol. The van der Waals surface area contributed by atoms with Crippen LogP contribution in [0.1, 0.15) is 83.1 Å². The van der Waals surface area contributed by atoms with Crippen LogP contribution in [-0.2, 0) is 6.42 Å². The van der Waals surface area contributed by atoms with Gasteiger partial charge in [0, 0.05) is 0 Å². The van der Waals surface area contributed by atoms with Crippen LogP contribution in [0, 0.1) is 17.8 Å². The third-order valence-corrected chi connectivity index (χ3v) is 6.96. The maximum Gasteiger partial charge on any atom is 0.118 e. The Labute approximate surface area is 161 Å². The van der Waals surface area contributed by atoms with E-state index in [1.807, 2.05) is 0 Å². The molecule has 0 bridgehead atoms. The molecule has 1 heteroatoms. The fraction of sp³-hybridized carbons (Fsp3) is 0.680. The third kappa shape index (κ3) is 5.63. The zero-order valence-corrected chi connectivity index (χ0v) is 17.0. The molecule has 0 amide bonds. The van der Waals surface area contributed by atoms with E-state index >= 15 is 0 Å². The molecule has 0 aliphatic heterocycles. The Morgan fingerprint density at radius 2 is 1.69 bits per heavy atom. The molecule has 0 heterocycles. The van der Waals surface area contributed by atoms with E-state index in [1.165, 1.54) is 82.6 Å². The molecule has 2 aliphatic carbocycles. The Morgan fingerprint density at radius 1 is 0.923 bits per heavy atom. The molecule has 0 aromatic heterocycles. The fourth-order valence-electron chi connectivity index (χ4n) is 5.10. The van der Waals surface area contributed by atoms with E-state index in [-0.39, 0.29) is 0 Å². The number of unbranched alkanes of at least 4 members (excludes halogenated alkanes) is 1. The number of rotatable bonds is 8. The quantitative estimate of drug-likeness (QED) is 0.443. The predicted octanol–water partition coefficient (Wildman–Crippen LogP) is 7.35. The zero-order valence-electron chi connectivity index (χ0n) is 17.0. The molecule has 26 heavy (non-hydrogen) atoms. The lowest BCUT2D eigenvalue weighted by molar-refractivity contribution is 0.185. The van der Waals surface area contributed by atoms with Gasteiger partial charge in [-0.25, -0.2) is 0 Å². The lowest BCUT2D eigenvalue weighted by atomic mass is 9.70. The molecule has 0 saturated heterocycles. The maximum absolute atomic E-state index is 5.25. The van der Waals surface area contributed by atoms with E-state index in [0.29, 0.717) is 0 Å². The summed E-state index contributed by atoms with van der Waals surface area (Å²) in [5.74, 6) is 4.00. The van der Waals surface area contributed by atoms with Gasteiger partial charge in [0.1, 0.15) is 5.75 Å². The van der Waals surface area contributed by atoms with Crippen LogP contribution in [0.25, 0.3) is 0 Å². The molecule has 1 unspecified atom stereocenters. The summed E-state index contributed by atoms with van der Waals surface area (Å²) in [5.41, 5.74) is 3.13. The Morgan fingerprint density at radius 3 is 2.31 bits per heavy atom. The molecule has 1 aromatic carbocycles. The minimum atomic E-state index is 0.956. The maximum atomic E-state index is 5.25. The number of methoxy groups -OCH3 is 1. The van der Waals surface area contributed by atoms with Gasteiger partial charge in [0.2, 0.25) is 0 Å². The molecule has 0 spiro atoms. The Kier molecular flexibility index (Phi) is 7.65. The van der Waals surface area contributed by atoms with Crippen molar-refractivity contribution in [1.82, 2.24) is 0 Å². The highest BCUT2D eigenvalue weighted by atomic mass is 16.5. The number of hydrogen-bond acceptors (Lipinski definition) is 1. The predicted molar refractivity (Wildman–Crippen MR) is 112 cm³/mol. The number of hydrogen-bond donors (Lipinski definition) is 0. The summed E-state index contributed by atoms with van der Waals surface area (Å²) in [6, 6.07) is 8.58. The van der Waals surface area contributed by atoms with Crippen molar-refractivity contribution in [2.45, 2.75) is 84.0 Å². The van der Waals surface area contributed by atoms with Crippen LogP contribution in [-0.4, -0.2) is 7.11 Å². The molecule has 0 radical (unpaired) electrons. The normalized spacial score (nSPS) is 26.4. The van der Waals surface area contributed by atoms with Crippen molar-refractivity contribution in [2.75, 3.05) is 7.11 Å². The second kappa shape index (κ2) is 10.2. The van der Waals surface area contributed by atoms with E-state index < -0.39 is 0 Å². The van der Waals surface area contributed by atoms with E-state index in [1.54, 1.807) is 12.7 Å². The van der Waals surface area contributed by atoms with Gasteiger partial charge >= 0.3 is 0 Å². The van der Waals surface area contributed by atoms with Gasteiger partial charge in [0.15, 0.2) is 0 Å². The van der Waals surface area contributed by atoms with E-state index in [0.717, 1.165) is 23.5 Å². The molecule has 1 saturated carbocycles. The number of aryl methyl sites for hydroxylation is 1. The van der Waals surface area contributed by atoms with Gasteiger partial charge < -0.3 is 4.74 Å². The van der Waals surface area contributed by atoms with Crippen LogP contribution in [0.4, 0.5) is 0 Å². The first-order valence-electron chi connectivity index (χ1n) is 11.1. The summed E-state index contributed by atoms with van der Waals surface area (Å²) in [6.07, 6.45) is 19.5. The largest absolute Gasteiger partial charge is 0.497 e. The van der Waals surface area contributed by atoms with Crippen molar-refractivity contribution in [1.29, 1.82) is 0 Å². The fourth-order valence-corrected chi connectivity index (χ4v) is 5.10. The summed E-state index contributed by atoms with van der Waals surface area (Å²) in [5, 5.41) is 0. The first kappa shape index (κ1) is 19.5. The molecule has 1 nitrogen and oxygen atoms in total. The summed E-state index contributed by atoms with van der Waals surface area (Å²) >= 11 is 0. The summed E-state index contributed by atoms with van der Waals surface area (Å²) in [6.45, 7) is 2.33. The third-order valence-electron chi connectivity index (χ3n) is 6.96. The molecule has 1 fully saturated rings. The highest BCUT2D eigenvalue weighted by Gasteiger charge is 2.28. The van der Waals surface area contributed by atoms with Crippen LogP contribution in [0.3, 0.4) is 0 Å². The average molecular weight is 355 g/mol. The van der Waals surface area contributed by atoms with Gasteiger partial charge in [0.05, 0.1) is 7.11 Å². The van der Waals surface area contributed by atoms with Crippen molar-refractivity contribution < 1.29 is 4.74 Å². The molecule has 2 aliphatic rings. The lowest BCUT2D eigenvalue weighted by Crippen LogP contribution is -2.23. The Balaban J connectivity index is 1.39. The monoisotopic (exact) mass is 354 g/mol. The first-order chi connectivity index (χ1) is 12.8. The molecule has 144 valence electrons. The zero-order chi connectivity index (χ0) is 18.2. The summed E-state index contributed by atoms with van der Waals surface area (Å²) < 4.78 is 5.25. The number of benzene rings is 1. The van der Waals surface area contributed by atoms with Gasteiger partial charge in [-0.1, -0.05) is 62.8 Å². The van der Waals surface area contributed by atoms with Crippen molar-refractivity contribution in [3.63, 3.8) is 0 Å². The van der Waals surface area contributed by atoms with E-state index in [2.05, 4.69) is 37.3 Å². The molecule has 3 rings (SSSR count). The van der Waals surface area contributed by atoms with Gasteiger partial charge in [0.25, 0.3) is 0 Å². The smallest absolute Gasteiger partial charge is 0.118 e. The standard InChI is InChI=1S/C25H38O/c1-3-4-5-20-8-14-23(15-9-20)24-16-10-21(11-17-24)6-7-22-12-18-25(26-2)19-13-22/h10,12-13,18-20,23-24H,3-9,11,14-17H2,1-2H3/t20-,23-,24?. The van der Waals surface area contributed by atoms with Crippen LogP contribution in [0.5, 0.6) is 5.75 Å². The second-order valence-electron chi connectivity index (χ2n) is 8.67. The molecule has 1 atom stereocenters. The van der Waals surface area contributed by atoms with Gasteiger partial charge in [-0.15, -0.1) is 0 Å². The van der Waals surface area contributed by atoms with Crippen LogP contribution < -0.4 is 4.74 Å². The highest BCUT2D eigenvalue weighted by molar-refractivity contribution is 5.27. The minimum absolute atomic E-state index is 0.956. The van der Waals surface area contributed by atoms with Crippen molar-refractivity contribution >= 4 is 0 Å². The Bertz CT molecular complexity index is 548. The summed E-state index contributed by atoms with van der Waals surface area (Å²) in [7, 11) is 1.73. The van der Waals surface area contributed by atoms with Crippen molar-refractivity contribution in [3.05, 3.63) is 41.5 Å². The number of allylic oxidation sites excluding steroid dienone is 2. The van der Waals surface area contributed by atoms with Gasteiger partial charge in [-0.3, -0.25) is 0 Å². The average Bonchev–Trinajstić information content (AvgIpc) is 2.72. The first-order valence-corrected chi connectivity index (χ1v) is 11.1. The van der Waals surface area contributed by atoms with Crippen molar-refractivity contribution in [3.8, 4) is 5.75 Å². The topological polar surface area (TPSA) is 9.23 Å². The van der Waals surface area contributed by atoms with Crippen LogP contribution >= 0.6 is 0 Å². The Hall–Kier alpha value is -1.24. The lowest BCUT2D eigenvalue weighted by Gasteiger charge is -2.35. The van der Waals surface area contributed by atoms with Gasteiger partial charge in [-0.2, -0.15) is 0 Å². The summed E-state index contributed by atoms with van der Waals surface area (Å²) in [4.78, 5) is 0. The van der Waals surface area contributed by atoms with Crippen LogP contribution in [0.2, 0.25) is 0 Å². The minimum Gasteiger partial charge on any atom is -0.497 e. The van der Waals surface area contributed by atoms with Crippen molar-refractivity contribution in [2.24, 2.45) is 17.8 Å². The van der Waals surface area contributed by atoms with Crippen LogP contribution in [0.15, 0.2) is 35.9 Å². The molecule has 1 aromatic rings. The van der Waals surface area contributed by atoms with Gasteiger partial charge in [-0.05, 0) is 80.4 Å². The number of ether oxygens (including phenoxy) is 1. The molecular formula is C25H38O. The SMILES string of the molecule is CCCC[C@H]1CC[C@H](C2CC=C(CCc3ccc(OC)cc3)CC2)CC1. The second-order valence-corrected chi connectivity index (χ2v) is 8.67. The molecule has 0 N–H and O–H groups in total. The van der Waals surface area contributed by atoms with E-state index in [4.69, 9.17) is 4.74 Å². The highest BCUT2D eigenvalue weighted by Crippen LogP contribution is 2.41.